The van der Waals surface area contributed by atoms with E-state index in [4.69, 9.17) is 0 Å². The van der Waals surface area contributed by atoms with Crippen molar-refractivity contribution in [3.05, 3.63) is 35.4 Å². The molecular weight excluding hydrogens is 270 g/mol. The van der Waals surface area contributed by atoms with Gasteiger partial charge in [-0.25, -0.2) is 8.78 Å². The summed E-state index contributed by atoms with van der Waals surface area (Å²) in [5.41, 5.74) is 0.429. The van der Waals surface area contributed by atoms with Crippen molar-refractivity contribution >= 4 is 0 Å². The Kier molecular flexibility index (Phi) is 6.75. The van der Waals surface area contributed by atoms with Crippen LogP contribution in [0.2, 0.25) is 0 Å². The fourth-order valence-electron chi connectivity index (χ4n) is 2.17. The molecule has 0 saturated carbocycles. The lowest BCUT2D eigenvalue weighted by atomic mass is 9.97. The third kappa shape index (κ3) is 4.75. The largest absolute Gasteiger partial charge is 0.309 e. The van der Waals surface area contributed by atoms with Crippen molar-refractivity contribution in [2.75, 3.05) is 20.1 Å². The van der Waals surface area contributed by atoms with Gasteiger partial charge in [0.2, 0.25) is 0 Å². The summed E-state index contributed by atoms with van der Waals surface area (Å²) in [6.45, 7) is 9.93. The van der Waals surface area contributed by atoms with E-state index < -0.39 is 11.6 Å². The molecule has 2 nitrogen and oxygen atoms in total. The van der Waals surface area contributed by atoms with Gasteiger partial charge in [-0.05, 0) is 46.3 Å². The maximum Gasteiger partial charge on any atom is 0.163 e. The van der Waals surface area contributed by atoms with E-state index in [9.17, 15) is 8.78 Å². The van der Waals surface area contributed by atoms with Gasteiger partial charge in [0.1, 0.15) is 0 Å². The van der Waals surface area contributed by atoms with E-state index in [-0.39, 0.29) is 11.6 Å². The number of hydrogen-bond acceptors (Lipinski definition) is 2. The first-order chi connectivity index (χ1) is 9.83. The van der Waals surface area contributed by atoms with Crippen LogP contribution in [0, 0.1) is 11.6 Å². The quantitative estimate of drug-likeness (QED) is 0.776. The highest BCUT2D eigenvalue weighted by atomic mass is 19.2. The van der Waals surface area contributed by atoms with Gasteiger partial charge in [-0.15, -0.1) is 0 Å². The Morgan fingerprint density at radius 3 is 2.48 bits per heavy atom. The lowest BCUT2D eigenvalue weighted by Gasteiger charge is -2.37. The molecule has 0 amide bonds. The van der Waals surface area contributed by atoms with Crippen LogP contribution in [0.4, 0.5) is 8.78 Å². The molecule has 0 radical (unpaired) electrons. The predicted octanol–water partition coefficient (Wildman–Crippen LogP) is 4.13. The first kappa shape index (κ1) is 18.1. The van der Waals surface area contributed by atoms with Gasteiger partial charge in [0, 0.05) is 23.7 Å². The fourth-order valence-corrected chi connectivity index (χ4v) is 2.17. The molecule has 0 aliphatic heterocycles. The number of nitrogens with one attached hydrogen (secondary N) is 1. The number of rotatable bonds is 8. The molecule has 120 valence electrons. The Labute approximate surface area is 127 Å². The summed E-state index contributed by atoms with van der Waals surface area (Å²) in [5.74, 6) is -1.53. The summed E-state index contributed by atoms with van der Waals surface area (Å²) in [6.07, 6.45) is 1.95. The molecule has 0 saturated heterocycles. The Hall–Kier alpha value is -1.00. The zero-order chi connectivity index (χ0) is 16.0. The molecule has 21 heavy (non-hydrogen) atoms. The van der Waals surface area contributed by atoms with Crippen LogP contribution < -0.4 is 5.32 Å². The number of nitrogens with zero attached hydrogens (tertiary/aromatic N) is 1. The topological polar surface area (TPSA) is 15.3 Å². The molecule has 4 heteroatoms. The molecule has 1 rings (SSSR count). The van der Waals surface area contributed by atoms with Crippen LogP contribution in [0.3, 0.4) is 0 Å². The van der Waals surface area contributed by atoms with E-state index in [1.807, 2.05) is 7.05 Å². The fraction of sp³-hybridized carbons (Fsp3) is 0.647. The third-order valence-electron chi connectivity index (χ3n) is 4.35. The summed E-state index contributed by atoms with van der Waals surface area (Å²) >= 11 is 0. The average Bonchev–Trinajstić information content (AvgIpc) is 2.46. The van der Waals surface area contributed by atoms with E-state index in [1.54, 1.807) is 12.1 Å². The number of likely N-dealkylation sites (N-methyl/N-ethyl adjacent to an activating group) is 1. The average molecular weight is 298 g/mol. The summed E-state index contributed by atoms with van der Waals surface area (Å²) in [5, 5.41) is 3.33. The molecule has 0 aliphatic carbocycles. The highest BCUT2D eigenvalue weighted by Gasteiger charge is 2.26. The van der Waals surface area contributed by atoms with Gasteiger partial charge in [0.05, 0.1) is 0 Å². The second-order valence-corrected chi connectivity index (χ2v) is 6.20. The molecule has 0 heterocycles. The van der Waals surface area contributed by atoms with Crippen molar-refractivity contribution in [2.24, 2.45) is 0 Å². The summed E-state index contributed by atoms with van der Waals surface area (Å²) in [6, 6.07) is 4.18. The van der Waals surface area contributed by atoms with Gasteiger partial charge in [0.15, 0.2) is 11.6 Å². The standard InChI is InChI=1S/C17H28F2N2/c1-6-11-20-15(12-21(5)17(3,4)7-2)13-9-8-10-14(18)16(13)19/h8-10,15,20H,6-7,11-12H2,1-5H3. The van der Waals surface area contributed by atoms with Crippen molar-refractivity contribution in [1.82, 2.24) is 10.2 Å². The highest BCUT2D eigenvalue weighted by Crippen LogP contribution is 2.24. The molecule has 0 spiro atoms. The smallest absolute Gasteiger partial charge is 0.163 e. The van der Waals surface area contributed by atoms with Crippen LogP contribution in [0.15, 0.2) is 18.2 Å². The first-order valence-electron chi connectivity index (χ1n) is 7.72. The van der Waals surface area contributed by atoms with Crippen LogP contribution in [-0.2, 0) is 0 Å². The normalized spacial score (nSPS) is 13.7. The Morgan fingerprint density at radius 1 is 1.24 bits per heavy atom. The zero-order valence-electron chi connectivity index (χ0n) is 13.8. The number of benzene rings is 1. The molecule has 0 aliphatic rings. The Bertz CT molecular complexity index is 446. The SMILES string of the molecule is CCCNC(CN(C)C(C)(C)CC)c1cccc(F)c1F. The molecule has 1 N–H and O–H groups in total. The summed E-state index contributed by atoms with van der Waals surface area (Å²) in [7, 11) is 2.03. The number of halogens is 2. The second kappa shape index (κ2) is 7.85. The molecule has 1 aromatic carbocycles. The van der Waals surface area contributed by atoms with Crippen LogP contribution in [0.5, 0.6) is 0 Å². The lowest BCUT2D eigenvalue weighted by Crippen LogP contribution is -2.45. The van der Waals surface area contributed by atoms with Gasteiger partial charge in [-0.3, -0.25) is 4.90 Å². The van der Waals surface area contributed by atoms with E-state index >= 15 is 0 Å². The van der Waals surface area contributed by atoms with Crippen LogP contribution in [0.25, 0.3) is 0 Å². The van der Waals surface area contributed by atoms with Crippen LogP contribution >= 0.6 is 0 Å². The van der Waals surface area contributed by atoms with Gasteiger partial charge in [-0.1, -0.05) is 26.0 Å². The lowest BCUT2D eigenvalue weighted by molar-refractivity contribution is 0.134. The molecule has 0 aromatic heterocycles. The molecular formula is C17H28F2N2. The molecule has 1 unspecified atom stereocenters. The van der Waals surface area contributed by atoms with E-state index in [0.29, 0.717) is 12.1 Å². The van der Waals surface area contributed by atoms with E-state index in [1.165, 1.54) is 0 Å². The number of hydrogen-bond donors (Lipinski definition) is 1. The molecule has 1 atom stereocenters. The first-order valence-corrected chi connectivity index (χ1v) is 7.72. The van der Waals surface area contributed by atoms with Gasteiger partial charge in [-0.2, -0.15) is 0 Å². The third-order valence-corrected chi connectivity index (χ3v) is 4.35. The summed E-state index contributed by atoms with van der Waals surface area (Å²) in [4.78, 5) is 2.20. The van der Waals surface area contributed by atoms with Crippen LogP contribution in [0.1, 0.15) is 52.1 Å². The van der Waals surface area contributed by atoms with Crippen molar-refractivity contribution in [1.29, 1.82) is 0 Å². The van der Waals surface area contributed by atoms with Gasteiger partial charge < -0.3 is 5.32 Å². The summed E-state index contributed by atoms with van der Waals surface area (Å²) < 4.78 is 27.6. The van der Waals surface area contributed by atoms with Gasteiger partial charge >= 0.3 is 0 Å². The Morgan fingerprint density at radius 2 is 1.90 bits per heavy atom. The molecule has 0 fully saturated rings. The maximum absolute atomic E-state index is 14.1. The zero-order valence-corrected chi connectivity index (χ0v) is 13.8. The van der Waals surface area contributed by atoms with Crippen LogP contribution in [-0.4, -0.2) is 30.6 Å². The molecule has 0 bridgehead atoms. The van der Waals surface area contributed by atoms with Crippen molar-refractivity contribution < 1.29 is 8.78 Å². The maximum atomic E-state index is 14.1. The van der Waals surface area contributed by atoms with E-state index in [2.05, 4.69) is 37.9 Å². The highest BCUT2D eigenvalue weighted by molar-refractivity contribution is 5.23. The van der Waals surface area contributed by atoms with Gasteiger partial charge in [0.25, 0.3) is 0 Å². The van der Waals surface area contributed by atoms with Crippen molar-refractivity contribution in [3.63, 3.8) is 0 Å². The molecule has 1 aromatic rings. The Balaban J connectivity index is 2.98. The minimum Gasteiger partial charge on any atom is -0.309 e. The van der Waals surface area contributed by atoms with Crippen molar-refractivity contribution in [3.8, 4) is 0 Å². The second-order valence-electron chi connectivity index (χ2n) is 6.20. The minimum atomic E-state index is -0.784. The van der Waals surface area contributed by atoms with Crippen molar-refractivity contribution in [2.45, 2.75) is 52.1 Å². The monoisotopic (exact) mass is 298 g/mol. The minimum absolute atomic E-state index is 0.0238. The van der Waals surface area contributed by atoms with E-state index in [0.717, 1.165) is 25.5 Å². The predicted molar refractivity (Wildman–Crippen MR) is 84.4 cm³/mol.